The number of hydrogen-bond donors (Lipinski definition) is 1. The molecule has 1 fully saturated rings. The zero-order valence-electron chi connectivity index (χ0n) is 13.0. The molecular formula is C17H20ClN3O2. The van der Waals surface area contributed by atoms with E-state index in [0.717, 1.165) is 30.6 Å². The van der Waals surface area contributed by atoms with Crippen LogP contribution in [0.15, 0.2) is 36.7 Å². The van der Waals surface area contributed by atoms with Gasteiger partial charge in [-0.3, -0.25) is 4.98 Å². The highest BCUT2D eigenvalue weighted by molar-refractivity contribution is 6.30. The normalized spacial score (nSPS) is 20.4. The molecule has 1 heterocycles. The summed E-state index contributed by atoms with van der Waals surface area (Å²) in [6.45, 7) is 0.411. The molecule has 0 aliphatic heterocycles. The summed E-state index contributed by atoms with van der Waals surface area (Å²) in [6.07, 6.45) is 6.81. The smallest absolute Gasteiger partial charge is 0.234 e. The zero-order chi connectivity index (χ0) is 16.1. The minimum absolute atomic E-state index is 0.336. The van der Waals surface area contributed by atoms with Crippen molar-refractivity contribution in [2.75, 3.05) is 12.4 Å². The number of aromatic nitrogens is 2. The topological polar surface area (TPSA) is 56.3 Å². The van der Waals surface area contributed by atoms with Gasteiger partial charge in [0, 0.05) is 18.2 Å². The Hall–Kier alpha value is -1.85. The van der Waals surface area contributed by atoms with Gasteiger partial charge in [-0.25, -0.2) is 0 Å². The Morgan fingerprint density at radius 2 is 2.22 bits per heavy atom. The van der Waals surface area contributed by atoms with E-state index in [9.17, 15) is 0 Å². The molecule has 1 aromatic heterocycles. The first kappa shape index (κ1) is 16.0. The maximum absolute atomic E-state index is 5.97. The van der Waals surface area contributed by atoms with Crippen LogP contribution in [-0.4, -0.2) is 29.2 Å². The van der Waals surface area contributed by atoms with E-state index < -0.39 is 0 Å². The monoisotopic (exact) mass is 333 g/mol. The number of halogens is 1. The lowest BCUT2D eigenvalue weighted by molar-refractivity contribution is 0.108. The average molecular weight is 334 g/mol. The van der Waals surface area contributed by atoms with Gasteiger partial charge in [0.05, 0.1) is 18.5 Å². The molecule has 2 aromatic rings. The summed E-state index contributed by atoms with van der Waals surface area (Å²) in [5.74, 6) is 1.23. The van der Waals surface area contributed by atoms with Crippen molar-refractivity contribution in [3.8, 4) is 5.88 Å². The Labute approximate surface area is 141 Å². The third-order valence-electron chi connectivity index (χ3n) is 3.96. The number of rotatable bonds is 6. The van der Waals surface area contributed by atoms with E-state index in [1.807, 2.05) is 24.3 Å². The Balaban J connectivity index is 1.57. The average Bonchev–Trinajstić information content (AvgIpc) is 3.01. The highest BCUT2D eigenvalue weighted by Crippen LogP contribution is 2.24. The molecule has 0 radical (unpaired) electrons. The van der Waals surface area contributed by atoms with Gasteiger partial charge in [-0.05, 0) is 37.0 Å². The molecule has 1 aliphatic rings. The van der Waals surface area contributed by atoms with Gasteiger partial charge in [0.2, 0.25) is 5.88 Å². The fourth-order valence-electron chi connectivity index (χ4n) is 2.77. The molecule has 0 saturated heterocycles. The van der Waals surface area contributed by atoms with Crippen LogP contribution in [0.3, 0.4) is 0 Å². The number of hydrogen-bond acceptors (Lipinski definition) is 5. The van der Waals surface area contributed by atoms with Gasteiger partial charge in [0.25, 0.3) is 0 Å². The van der Waals surface area contributed by atoms with Crippen molar-refractivity contribution in [2.24, 2.45) is 0 Å². The highest BCUT2D eigenvalue weighted by atomic mass is 35.5. The number of ether oxygens (including phenoxy) is 2. The fourth-order valence-corrected chi connectivity index (χ4v) is 2.98. The van der Waals surface area contributed by atoms with Crippen LogP contribution in [0.4, 0.5) is 5.82 Å². The zero-order valence-corrected chi connectivity index (χ0v) is 13.8. The Morgan fingerprint density at radius 3 is 3.00 bits per heavy atom. The van der Waals surface area contributed by atoms with E-state index in [1.165, 1.54) is 0 Å². The van der Waals surface area contributed by atoms with Crippen LogP contribution in [0.5, 0.6) is 5.88 Å². The van der Waals surface area contributed by atoms with E-state index in [2.05, 4.69) is 15.3 Å². The summed E-state index contributed by atoms with van der Waals surface area (Å²) in [6, 6.07) is 7.95. The standard InChI is InChI=1S/C17H20ClN3O2/c1-22-15-6-5-14(8-15)20-16-9-19-10-17(21-16)23-11-12-3-2-4-13(18)7-12/h2-4,7,9-10,14-15H,5-6,8,11H2,1H3,(H,20,21). The lowest BCUT2D eigenvalue weighted by atomic mass is 10.2. The van der Waals surface area contributed by atoms with Crippen molar-refractivity contribution in [3.63, 3.8) is 0 Å². The fraction of sp³-hybridized carbons (Fsp3) is 0.412. The molecule has 6 heteroatoms. The van der Waals surface area contributed by atoms with E-state index in [1.54, 1.807) is 19.5 Å². The summed E-state index contributed by atoms with van der Waals surface area (Å²) >= 11 is 5.97. The number of benzene rings is 1. The van der Waals surface area contributed by atoms with Crippen molar-refractivity contribution >= 4 is 17.4 Å². The predicted molar refractivity (Wildman–Crippen MR) is 89.9 cm³/mol. The van der Waals surface area contributed by atoms with E-state index in [0.29, 0.717) is 29.7 Å². The third-order valence-corrected chi connectivity index (χ3v) is 4.19. The van der Waals surface area contributed by atoms with Crippen LogP contribution in [0.1, 0.15) is 24.8 Å². The lowest BCUT2D eigenvalue weighted by Gasteiger charge is -2.14. The molecule has 5 nitrogen and oxygen atoms in total. The molecule has 122 valence electrons. The number of nitrogens with zero attached hydrogens (tertiary/aromatic N) is 2. The maximum atomic E-state index is 5.97. The Kier molecular flexibility index (Phi) is 5.31. The Morgan fingerprint density at radius 1 is 1.30 bits per heavy atom. The van der Waals surface area contributed by atoms with E-state index >= 15 is 0 Å². The minimum Gasteiger partial charge on any atom is -0.472 e. The van der Waals surface area contributed by atoms with Crippen LogP contribution in [0.25, 0.3) is 0 Å². The molecule has 1 saturated carbocycles. The first-order chi connectivity index (χ1) is 11.2. The summed E-state index contributed by atoms with van der Waals surface area (Å²) in [5.41, 5.74) is 0.997. The van der Waals surface area contributed by atoms with Crippen molar-refractivity contribution in [2.45, 2.75) is 38.0 Å². The second-order valence-electron chi connectivity index (χ2n) is 5.67. The van der Waals surface area contributed by atoms with Gasteiger partial charge in [-0.15, -0.1) is 0 Å². The lowest BCUT2D eigenvalue weighted by Crippen LogP contribution is -2.18. The molecule has 2 unspecified atom stereocenters. The summed E-state index contributed by atoms with van der Waals surface area (Å²) in [4.78, 5) is 8.64. The SMILES string of the molecule is COC1CCC(Nc2cncc(OCc3cccc(Cl)c3)n2)C1. The highest BCUT2D eigenvalue weighted by Gasteiger charge is 2.24. The second-order valence-corrected chi connectivity index (χ2v) is 6.11. The molecule has 1 aliphatic carbocycles. The second kappa shape index (κ2) is 7.62. The van der Waals surface area contributed by atoms with Crippen molar-refractivity contribution < 1.29 is 9.47 Å². The van der Waals surface area contributed by atoms with Gasteiger partial charge in [0.1, 0.15) is 12.4 Å². The van der Waals surface area contributed by atoms with Crippen molar-refractivity contribution in [1.82, 2.24) is 9.97 Å². The molecule has 2 atom stereocenters. The number of anilines is 1. The van der Waals surface area contributed by atoms with Gasteiger partial charge in [-0.1, -0.05) is 23.7 Å². The first-order valence-electron chi connectivity index (χ1n) is 7.71. The first-order valence-corrected chi connectivity index (χ1v) is 8.09. The Bertz CT molecular complexity index is 653. The van der Waals surface area contributed by atoms with Crippen LogP contribution in [0, 0.1) is 0 Å². The maximum Gasteiger partial charge on any atom is 0.234 e. The van der Waals surface area contributed by atoms with Crippen LogP contribution >= 0.6 is 11.6 Å². The molecule has 1 N–H and O–H groups in total. The van der Waals surface area contributed by atoms with Gasteiger partial charge in [-0.2, -0.15) is 4.98 Å². The molecule has 0 spiro atoms. The number of methoxy groups -OCH3 is 1. The quantitative estimate of drug-likeness (QED) is 0.873. The number of nitrogens with one attached hydrogen (secondary N) is 1. The largest absolute Gasteiger partial charge is 0.472 e. The molecule has 3 rings (SSSR count). The predicted octanol–water partition coefficient (Wildman–Crippen LogP) is 3.69. The molecular weight excluding hydrogens is 314 g/mol. The van der Waals surface area contributed by atoms with Crippen LogP contribution < -0.4 is 10.1 Å². The minimum atomic E-state index is 0.336. The third kappa shape index (κ3) is 4.56. The van der Waals surface area contributed by atoms with Gasteiger partial charge < -0.3 is 14.8 Å². The van der Waals surface area contributed by atoms with E-state index in [4.69, 9.17) is 21.1 Å². The molecule has 0 amide bonds. The summed E-state index contributed by atoms with van der Waals surface area (Å²) in [5, 5.41) is 4.09. The van der Waals surface area contributed by atoms with Gasteiger partial charge in [0.15, 0.2) is 0 Å². The summed E-state index contributed by atoms with van der Waals surface area (Å²) in [7, 11) is 1.76. The van der Waals surface area contributed by atoms with Gasteiger partial charge >= 0.3 is 0 Å². The van der Waals surface area contributed by atoms with Crippen LogP contribution in [0.2, 0.25) is 5.02 Å². The summed E-state index contributed by atoms with van der Waals surface area (Å²) < 4.78 is 11.1. The molecule has 1 aromatic carbocycles. The molecule has 0 bridgehead atoms. The molecule has 23 heavy (non-hydrogen) atoms. The van der Waals surface area contributed by atoms with E-state index in [-0.39, 0.29) is 0 Å². The van der Waals surface area contributed by atoms with Crippen LogP contribution in [-0.2, 0) is 11.3 Å². The van der Waals surface area contributed by atoms with Crippen molar-refractivity contribution in [1.29, 1.82) is 0 Å². The van der Waals surface area contributed by atoms with Crippen molar-refractivity contribution in [3.05, 3.63) is 47.2 Å².